The van der Waals surface area contributed by atoms with Crippen molar-refractivity contribution in [1.29, 1.82) is 0 Å². The highest BCUT2D eigenvalue weighted by Gasteiger charge is 2.40. The highest BCUT2D eigenvalue weighted by molar-refractivity contribution is 8.16. The van der Waals surface area contributed by atoms with Crippen LogP contribution < -0.4 is 0 Å². The van der Waals surface area contributed by atoms with Crippen molar-refractivity contribution in [1.82, 2.24) is 9.80 Å². The Bertz CT molecular complexity index is 653. The number of thioether (sulfide) groups is 1. The van der Waals surface area contributed by atoms with Gasteiger partial charge in [-0.2, -0.15) is 4.99 Å². The van der Waals surface area contributed by atoms with Crippen molar-refractivity contribution in [3.05, 3.63) is 41.3 Å². The van der Waals surface area contributed by atoms with E-state index in [1.54, 1.807) is 11.8 Å². The van der Waals surface area contributed by atoms with Crippen molar-refractivity contribution >= 4 is 28.5 Å². The molecule has 1 atom stereocenters. The molecule has 1 unspecified atom stereocenters. The van der Waals surface area contributed by atoms with Gasteiger partial charge in [0.1, 0.15) is 6.04 Å². The second-order valence-corrected chi connectivity index (χ2v) is 6.68. The Hall–Kier alpha value is -1.63. The van der Waals surface area contributed by atoms with E-state index in [2.05, 4.69) is 32.3 Å². The van der Waals surface area contributed by atoms with Gasteiger partial charge < -0.3 is 9.64 Å². The molecule has 1 saturated heterocycles. The number of hydrogen-bond donors (Lipinski definition) is 0. The molecule has 120 valence electrons. The fraction of sp³-hybridized carbons (Fsp3) is 0.412. The predicted octanol–water partition coefficient (Wildman–Crippen LogP) is 2.02. The first-order valence-corrected chi connectivity index (χ1v) is 8.85. The molecule has 1 aromatic rings. The molecule has 0 bridgehead atoms. The van der Waals surface area contributed by atoms with E-state index in [-0.39, 0.29) is 11.9 Å². The van der Waals surface area contributed by atoms with Crippen molar-refractivity contribution in [2.75, 3.05) is 32.8 Å². The van der Waals surface area contributed by atoms with Gasteiger partial charge in [-0.3, -0.25) is 9.69 Å². The van der Waals surface area contributed by atoms with E-state index in [0.29, 0.717) is 0 Å². The summed E-state index contributed by atoms with van der Waals surface area (Å²) in [6, 6.07) is 10.0. The monoisotopic (exact) mass is 329 g/mol. The molecule has 0 saturated carbocycles. The molecule has 0 radical (unpaired) electrons. The summed E-state index contributed by atoms with van der Waals surface area (Å²) in [4.78, 5) is 21.0. The van der Waals surface area contributed by atoms with E-state index in [1.807, 2.05) is 18.2 Å². The Labute approximate surface area is 140 Å². The molecule has 1 amide bonds. The van der Waals surface area contributed by atoms with Crippen LogP contribution in [0.1, 0.15) is 12.0 Å². The standard InChI is InChI=1S/C17H19N3O2S/c21-16-14(6-7-19-8-10-22-11-9-19)20-15(12-23-17(20)18-16)13-4-2-1-3-5-13/h1-5,12,14H,6-11H2. The maximum Gasteiger partial charge on any atom is 0.271 e. The van der Waals surface area contributed by atoms with Crippen LogP contribution in [-0.4, -0.2) is 59.8 Å². The van der Waals surface area contributed by atoms with Crippen LogP contribution in [0.4, 0.5) is 0 Å². The minimum atomic E-state index is -0.172. The molecule has 0 aromatic heterocycles. The number of morpholine rings is 1. The third-order valence-corrected chi connectivity index (χ3v) is 5.28. The number of rotatable bonds is 4. The van der Waals surface area contributed by atoms with Crippen LogP contribution in [-0.2, 0) is 9.53 Å². The van der Waals surface area contributed by atoms with Crippen LogP contribution in [0.25, 0.3) is 5.70 Å². The Balaban J connectivity index is 1.49. The van der Waals surface area contributed by atoms with Crippen LogP contribution in [0.5, 0.6) is 0 Å². The summed E-state index contributed by atoms with van der Waals surface area (Å²) in [5.74, 6) is -0.0118. The molecular formula is C17H19N3O2S. The summed E-state index contributed by atoms with van der Waals surface area (Å²) in [5.41, 5.74) is 2.23. The number of carbonyl (C=O) groups is 1. The first-order valence-electron chi connectivity index (χ1n) is 7.97. The van der Waals surface area contributed by atoms with Gasteiger partial charge in [-0.05, 0) is 12.0 Å². The second-order valence-electron chi connectivity index (χ2n) is 5.85. The molecular weight excluding hydrogens is 310 g/mol. The van der Waals surface area contributed by atoms with E-state index in [0.717, 1.165) is 55.7 Å². The SMILES string of the molecule is O=C1N=C2SC=C(c3ccccc3)N2C1CCN1CCOCC1. The molecule has 0 N–H and O–H groups in total. The largest absolute Gasteiger partial charge is 0.379 e. The van der Waals surface area contributed by atoms with E-state index < -0.39 is 0 Å². The average Bonchev–Trinajstić information content (AvgIpc) is 3.13. The van der Waals surface area contributed by atoms with Gasteiger partial charge in [-0.15, -0.1) is 0 Å². The van der Waals surface area contributed by atoms with E-state index in [1.165, 1.54) is 0 Å². The maximum atomic E-state index is 12.3. The summed E-state index contributed by atoms with van der Waals surface area (Å²) < 4.78 is 5.38. The van der Waals surface area contributed by atoms with Crippen molar-refractivity contribution in [2.45, 2.75) is 12.5 Å². The molecule has 3 aliphatic rings. The Kier molecular flexibility index (Phi) is 4.20. The third-order valence-electron chi connectivity index (χ3n) is 4.44. The number of hydrogen-bond acceptors (Lipinski definition) is 5. The lowest BCUT2D eigenvalue weighted by atomic mass is 10.1. The maximum absolute atomic E-state index is 12.3. The summed E-state index contributed by atoms with van der Waals surface area (Å²) in [6.45, 7) is 4.38. The smallest absolute Gasteiger partial charge is 0.271 e. The van der Waals surface area contributed by atoms with Crippen LogP contribution in [0.15, 0.2) is 40.7 Å². The second kappa shape index (κ2) is 6.47. The van der Waals surface area contributed by atoms with E-state index in [9.17, 15) is 4.79 Å². The average molecular weight is 329 g/mol. The van der Waals surface area contributed by atoms with Crippen molar-refractivity contribution in [3.63, 3.8) is 0 Å². The molecule has 3 heterocycles. The molecule has 1 aromatic carbocycles. The number of benzene rings is 1. The zero-order valence-electron chi connectivity index (χ0n) is 12.9. The Morgan fingerprint density at radius 2 is 2.00 bits per heavy atom. The van der Waals surface area contributed by atoms with E-state index in [4.69, 9.17) is 4.74 Å². The molecule has 5 nitrogen and oxygen atoms in total. The van der Waals surface area contributed by atoms with Gasteiger partial charge in [-0.25, -0.2) is 0 Å². The number of amidine groups is 1. The quantitative estimate of drug-likeness (QED) is 0.846. The normalized spacial score (nSPS) is 24.6. The zero-order valence-corrected chi connectivity index (χ0v) is 13.7. The summed E-state index contributed by atoms with van der Waals surface area (Å²) in [6.07, 6.45) is 0.802. The number of amides is 1. The van der Waals surface area contributed by atoms with E-state index >= 15 is 0 Å². The highest BCUT2D eigenvalue weighted by Crippen LogP contribution is 2.39. The molecule has 6 heteroatoms. The lowest BCUT2D eigenvalue weighted by Gasteiger charge is -2.30. The van der Waals surface area contributed by atoms with Gasteiger partial charge in [0.2, 0.25) is 0 Å². The highest BCUT2D eigenvalue weighted by atomic mass is 32.2. The number of nitrogens with zero attached hydrogens (tertiary/aromatic N) is 3. The summed E-state index contributed by atoms with van der Waals surface area (Å²) in [7, 11) is 0. The lowest BCUT2D eigenvalue weighted by Crippen LogP contribution is -2.41. The summed E-state index contributed by atoms with van der Waals surface area (Å²) in [5, 5.41) is 2.92. The number of fused-ring (bicyclic) bond motifs is 1. The van der Waals surface area contributed by atoms with Crippen LogP contribution in [0.3, 0.4) is 0 Å². The van der Waals surface area contributed by atoms with Gasteiger partial charge in [0.05, 0.1) is 18.9 Å². The summed E-state index contributed by atoms with van der Waals surface area (Å²) >= 11 is 1.54. The fourth-order valence-corrected chi connectivity index (χ4v) is 4.13. The minimum Gasteiger partial charge on any atom is -0.379 e. The third kappa shape index (κ3) is 2.94. The van der Waals surface area contributed by atoms with Gasteiger partial charge in [0.25, 0.3) is 5.91 Å². The predicted molar refractivity (Wildman–Crippen MR) is 92.0 cm³/mol. The zero-order chi connectivity index (χ0) is 15.6. The molecule has 4 rings (SSSR count). The van der Waals surface area contributed by atoms with Crippen molar-refractivity contribution < 1.29 is 9.53 Å². The number of ether oxygens (including phenoxy) is 1. The van der Waals surface area contributed by atoms with Crippen LogP contribution in [0.2, 0.25) is 0 Å². The molecule has 23 heavy (non-hydrogen) atoms. The van der Waals surface area contributed by atoms with Crippen molar-refractivity contribution in [2.24, 2.45) is 4.99 Å². The van der Waals surface area contributed by atoms with Gasteiger partial charge in [-0.1, -0.05) is 42.1 Å². The Morgan fingerprint density at radius 3 is 2.78 bits per heavy atom. The topological polar surface area (TPSA) is 45.1 Å². The first-order chi connectivity index (χ1) is 11.3. The van der Waals surface area contributed by atoms with Crippen molar-refractivity contribution in [3.8, 4) is 0 Å². The lowest BCUT2D eigenvalue weighted by molar-refractivity contribution is -0.120. The molecule has 0 aliphatic carbocycles. The fourth-order valence-electron chi connectivity index (χ4n) is 3.18. The number of carbonyl (C=O) groups excluding carboxylic acids is 1. The van der Waals surface area contributed by atoms with Gasteiger partial charge >= 0.3 is 0 Å². The molecule has 3 aliphatic heterocycles. The van der Waals surface area contributed by atoms with Gasteiger partial charge in [0.15, 0.2) is 5.17 Å². The molecule has 0 spiro atoms. The van der Waals surface area contributed by atoms with Crippen LogP contribution >= 0.6 is 11.8 Å². The minimum absolute atomic E-state index is 0.0118. The molecule has 1 fully saturated rings. The van der Waals surface area contributed by atoms with Crippen LogP contribution in [0, 0.1) is 0 Å². The first kappa shape index (κ1) is 14.9. The Morgan fingerprint density at radius 1 is 1.22 bits per heavy atom. The van der Waals surface area contributed by atoms with Gasteiger partial charge in [0, 0.05) is 25.0 Å². The number of aliphatic imine (C=N–C) groups is 1.